The summed E-state index contributed by atoms with van der Waals surface area (Å²) in [4.78, 5) is 11.6. The van der Waals surface area contributed by atoms with Crippen molar-refractivity contribution in [3.05, 3.63) is 56.8 Å². The zero-order valence-electron chi connectivity index (χ0n) is 9.48. The molecule has 0 aliphatic rings. The summed E-state index contributed by atoms with van der Waals surface area (Å²) in [5.74, 6) is -1.35. The van der Waals surface area contributed by atoms with E-state index in [2.05, 4.69) is 10.2 Å². The Morgan fingerprint density at radius 1 is 1.05 bits per heavy atom. The van der Waals surface area contributed by atoms with Gasteiger partial charge in [0.05, 0.1) is 5.69 Å². The molecule has 7 heteroatoms. The number of halogens is 3. The summed E-state index contributed by atoms with van der Waals surface area (Å²) in [6, 6.07) is 7.90. The molecule has 0 aliphatic carbocycles. The van der Waals surface area contributed by atoms with Gasteiger partial charge in [-0.05, 0) is 35.9 Å². The van der Waals surface area contributed by atoms with E-state index in [0.717, 1.165) is 0 Å². The molecule has 1 aromatic carbocycles. The lowest BCUT2D eigenvalue weighted by atomic mass is 9.95. The number of carbonyl (C=O) groups is 1. The molecule has 19 heavy (non-hydrogen) atoms. The minimum atomic E-state index is -0.777. The first-order chi connectivity index (χ1) is 8.97. The van der Waals surface area contributed by atoms with Crippen molar-refractivity contribution >= 4 is 40.7 Å². The van der Waals surface area contributed by atoms with Gasteiger partial charge in [-0.25, -0.2) is 0 Å². The topological polar surface area (TPSA) is 68.9 Å². The molecule has 0 saturated heterocycles. The quantitative estimate of drug-likeness (QED) is 0.946. The van der Waals surface area contributed by atoms with E-state index in [4.69, 9.17) is 40.5 Å². The van der Waals surface area contributed by atoms with Crippen LogP contribution in [0.25, 0.3) is 0 Å². The normalized spacial score (nSPS) is 12.2. The van der Waals surface area contributed by atoms with Crippen LogP contribution in [0.5, 0.6) is 0 Å². The van der Waals surface area contributed by atoms with E-state index in [-0.39, 0.29) is 5.15 Å². The lowest BCUT2D eigenvalue weighted by Gasteiger charge is -2.13. The standard InChI is InChI=1S/C12H8Cl3N3O/c13-7-3-6(4-8(14)5-7)11(12(16)19)9-1-2-10(15)18-17-9/h1-5,11H,(H2,16,19). The number of nitrogens with two attached hydrogens (primary N) is 1. The van der Waals surface area contributed by atoms with Gasteiger partial charge in [0.25, 0.3) is 0 Å². The molecule has 0 bridgehead atoms. The van der Waals surface area contributed by atoms with E-state index in [1.165, 1.54) is 6.07 Å². The number of primary amides is 1. The molecule has 1 heterocycles. The van der Waals surface area contributed by atoms with Crippen molar-refractivity contribution in [2.24, 2.45) is 5.73 Å². The van der Waals surface area contributed by atoms with Crippen molar-refractivity contribution in [3.8, 4) is 0 Å². The van der Waals surface area contributed by atoms with Crippen LogP contribution in [0.3, 0.4) is 0 Å². The van der Waals surface area contributed by atoms with Gasteiger partial charge >= 0.3 is 0 Å². The van der Waals surface area contributed by atoms with Crippen molar-refractivity contribution in [1.82, 2.24) is 10.2 Å². The molecular formula is C12H8Cl3N3O. The smallest absolute Gasteiger partial charge is 0.231 e. The Bertz CT molecular complexity index is 596. The predicted molar refractivity (Wildman–Crippen MR) is 74.5 cm³/mol. The van der Waals surface area contributed by atoms with Crippen molar-refractivity contribution in [3.63, 3.8) is 0 Å². The van der Waals surface area contributed by atoms with Gasteiger partial charge in [-0.3, -0.25) is 4.79 Å². The summed E-state index contributed by atoms with van der Waals surface area (Å²) in [6.07, 6.45) is 0. The second-order valence-corrected chi connectivity index (χ2v) is 5.08. The first-order valence-electron chi connectivity index (χ1n) is 5.22. The molecule has 1 atom stereocenters. The number of amides is 1. The van der Waals surface area contributed by atoms with Crippen molar-refractivity contribution in [2.75, 3.05) is 0 Å². The van der Waals surface area contributed by atoms with Crippen molar-refractivity contribution < 1.29 is 4.79 Å². The molecule has 0 radical (unpaired) electrons. The SMILES string of the molecule is NC(=O)C(c1cc(Cl)cc(Cl)c1)c1ccc(Cl)nn1. The Labute approximate surface area is 124 Å². The summed E-state index contributed by atoms with van der Waals surface area (Å²) in [5.41, 5.74) is 6.35. The first kappa shape index (κ1) is 14.1. The molecule has 1 aromatic heterocycles. The van der Waals surface area contributed by atoms with Gasteiger partial charge in [0, 0.05) is 10.0 Å². The van der Waals surface area contributed by atoms with Crippen LogP contribution in [-0.2, 0) is 4.79 Å². The average Bonchev–Trinajstić information content (AvgIpc) is 2.30. The third-order valence-corrected chi connectivity index (χ3v) is 3.09. The number of nitrogens with zero attached hydrogens (tertiary/aromatic N) is 2. The fraction of sp³-hybridized carbons (Fsp3) is 0.0833. The van der Waals surface area contributed by atoms with Crippen LogP contribution in [0.15, 0.2) is 30.3 Å². The monoisotopic (exact) mass is 315 g/mol. The third kappa shape index (κ3) is 3.35. The van der Waals surface area contributed by atoms with E-state index in [0.29, 0.717) is 21.3 Å². The molecule has 2 aromatic rings. The van der Waals surface area contributed by atoms with E-state index >= 15 is 0 Å². The second-order valence-electron chi connectivity index (χ2n) is 3.82. The van der Waals surface area contributed by atoms with E-state index in [1.54, 1.807) is 24.3 Å². The van der Waals surface area contributed by atoms with Crippen LogP contribution in [-0.4, -0.2) is 16.1 Å². The predicted octanol–water partition coefficient (Wildman–Crippen LogP) is 3.05. The van der Waals surface area contributed by atoms with E-state index in [1.807, 2.05) is 0 Å². The largest absolute Gasteiger partial charge is 0.369 e. The Morgan fingerprint density at radius 2 is 1.68 bits per heavy atom. The van der Waals surface area contributed by atoms with Crippen LogP contribution in [0.1, 0.15) is 17.2 Å². The molecule has 0 spiro atoms. The number of aromatic nitrogens is 2. The first-order valence-corrected chi connectivity index (χ1v) is 6.35. The molecule has 0 fully saturated rings. The number of rotatable bonds is 3. The zero-order valence-corrected chi connectivity index (χ0v) is 11.7. The molecule has 2 rings (SSSR count). The van der Waals surface area contributed by atoms with Gasteiger partial charge in [-0.15, -0.1) is 5.10 Å². The van der Waals surface area contributed by atoms with Crippen LogP contribution < -0.4 is 5.73 Å². The highest BCUT2D eigenvalue weighted by atomic mass is 35.5. The van der Waals surface area contributed by atoms with Crippen LogP contribution in [0.2, 0.25) is 15.2 Å². The molecule has 0 aliphatic heterocycles. The summed E-state index contributed by atoms with van der Waals surface area (Å²) in [6.45, 7) is 0. The van der Waals surface area contributed by atoms with Crippen LogP contribution in [0, 0.1) is 0 Å². The fourth-order valence-corrected chi connectivity index (χ4v) is 2.35. The fourth-order valence-electron chi connectivity index (χ4n) is 1.70. The minimum Gasteiger partial charge on any atom is -0.369 e. The molecule has 2 N–H and O–H groups in total. The Morgan fingerprint density at radius 3 is 2.16 bits per heavy atom. The average molecular weight is 317 g/mol. The number of carbonyl (C=O) groups excluding carboxylic acids is 1. The molecule has 4 nitrogen and oxygen atoms in total. The maximum absolute atomic E-state index is 11.6. The second kappa shape index (κ2) is 5.74. The summed E-state index contributed by atoms with van der Waals surface area (Å²) < 4.78 is 0. The lowest BCUT2D eigenvalue weighted by molar-refractivity contribution is -0.118. The Balaban J connectivity index is 2.51. The zero-order chi connectivity index (χ0) is 14.0. The van der Waals surface area contributed by atoms with Gasteiger partial charge in [0.2, 0.25) is 5.91 Å². The summed E-state index contributed by atoms with van der Waals surface area (Å²) in [5, 5.41) is 8.62. The third-order valence-electron chi connectivity index (χ3n) is 2.45. The lowest BCUT2D eigenvalue weighted by Crippen LogP contribution is -2.23. The molecule has 1 amide bonds. The molecule has 0 saturated carbocycles. The maximum Gasteiger partial charge on any atom is 0.231 e. The number of hydrogen-bond acceptors (Lipinski definition) is 3. The molecular weight excluding hydrogens is 309 g/mol. The number of benzene rings is 1. The van der Waals surface area contributed by atoms with Crippen molar-refractivity contribution in [1.29, 1.82) is 0 Å². The summed E-state index contributed by atoms with van der Waals surface area (Å²) in [7, 11) is 0. The van der Waals surface area contributed by atoms with Crippen LogP contribution >= 0.6 is 34.8 Å². The highest BCUT2D eigenvalue weighted by molar-refractivity contribution is 6.34. The number of hydrogen-bond donors (Lipinski definition) is 1. The van der Waals surface area contributed by atoms with Crippen LogP contribution in [0.4, 0.5) is 0 Å². The van der Waals surface area contributed by atoms with Gasteiger partial charge in [0.15, 0.2) is 5.15 Å². The van der Waals surface area contributed by atoms with Gasteiger partial charge < -0.3 is 5.73 Å². The van der Waals surface area contributed by atoms with Crippen molar-refractivity contribution in [2.45, 2.75) is 5.92 Å². The highest BCUT2D eigenvalue weighted by Crippen LogP contribution is 2.28. The van der Waals surface area contributed by atoms with Gasteiger partial charge in [0.1, 0.15) is 5.92 Å². The maximum atomic E-state index is 11.6. The highest BCUT2D eigenvalue weighted by Gasteiger charge is 2.23. The summed E-state index contributed by atoms with van der Waals surface area (Å²) >= 11 is 17.5. The van der Waals surface area contributed by atoms with E-state index < -0.39 is 11.8 Å². The Kier molecular flexibility index (Phi) is 4.24. The van der Waals surface area contributed by atoms with Gasteiger partial charge in [-0.2, -0.15) is 5.10 Å². The minimum absolute atomic E-state index is 0.232. The molecule has 98 valence electrons. The van der Waals surface area contributed by atoms with Gasteiger partial charge in [-0.1, -0.05) is 34.8 Å². The molecule has 1 unspecified atom stereocenters. The van der Waals surface area contributed by atoms with E-state index in [9.17, 15) is 4.79 Å². The Hall–Kier alpha value is -1.36.